The van der Waals surface area contributed by atoms with Crippen LogP contribution in [0.5, 0.6) is 0 Å². The zero-order valence-electron chi connectivity index (χ0n) is 12.2. The molecule has 3 heteroatoms. The first kappa shape index (κ1) is 13.5. The van der Waals surface area contributed by atoms with Gasteiger partial charge in [-0.1, -0.05) is 36.4 Å². The first-order valence-electron chi connectivity index (χ1n) is 7.63. The molecule has 1 amide bonds. The first-order chi connectivity index (χ1) is 10.8. The molecule has 2 nitrogen and oxygen atoms in total. The monoisotopic (exact) mass is 307 g/mol. The molecule has 3 aromatic rings. The molecule has 0 radical (unpaired) electrons. The fraction of sp³-hybridized carbons (Fsp3) is 0.211. The van der Waals surface area contributed by atoms with Gasteiger partial charge in [0.05, 0.1) is 0 Å². The molecule has 1 heterocycles. The molecular weight excluding hydrogens is 290 g/mol. The highest BCUT2D eigenvalue weighted by atomic mass is 32.1. The number of rotatable bonds is 4. The zero-order valence-corrected chi connectivity index (χ0v) is 13.1. The Morgan fingerprint density at radius 1 is 1.09 bits per heavy atom. The minimum absolute atomic E-state index is 0.158. The third-order valence-corrected chi connectivity index (χ3v) is 4.93. The lowest BCUT2D eigenvalue weighted by Crippen LogP contribution is -2.32. The topological polar surface area (TPSA) is 20.3 Å². The second-order valence-electron chi connectivity index (χ2n) is 5.82. The van der Waals surface area contributed by atoms with Crippen molar-refractivity contribution in [2.24, 2.45) is 0 Å². The summed E-state index contributed by atoms with van der Waals surface area (Å²) < 4.78 is 0. The summed E-state index contributed by atoms with van der Waals surface area (Å²) in [4.78, 5) is 15.1. The van der Waals surface area contributed by atoms with Gasteiger partial charge in [0.1, 0.15) is 0 Å². The molecule has 4 rings (SSSR count). The fourth-order valence-electron chi connectivity index (χ4n) is 2.90. The van der Waals surface area contributed by atoms with Crippen LogP contribution in [0.1, 0.15) is 28.8 Å². The molecule has 0 aliphatic heterocycles. The first-order valence-corrected chi connectivity index (χ1v) is 8.57. The molecule has 0 bridgehead atoms. The van der Waals surface area contributed by atoms with Gasteiger partial charge in [0, 0.05) is 18.2 Å². The number of hydrogen-bond donors (Lipinski definition) is 0. The summed E-state index contributed by atoms with van der Waals surface area (Å²) in [5.41, 5.74) is 2.05. The van der Waals surface area contributed by atoms with Gasteiger partial charge in [-0.15, -0.1) is 0 Å². The molecule has 1 fully saturated rings. The second-order valence-corrected chi connectivity index (χ2v) is 6.60. The molecule has 0 atom stereocenters. The Hall–Kier alpha value is -2.13. The van der Waals surface area contributed by atoms with E-state index in [-0.39, 0.29) is 5.91 Å². The quantitative estimate of drug-likeness (QED) is 0.684. The lowest BCUT2D eigenvalue weighted by atomic mass is 10.0. The molecule has 1 aromatic heterocycles. The molecule has 0 spiro atoms. The smallest absolute Gasteiger partial charge is 0.255 e. The number of benzene rings is 2. The maximum atomic E-state index is 13.1. The van der Waals surface area contributed by atoms with Gasteiger partial charge in [0.15, 0.2) is 0 Å². The highest BCUT2D eigenvalue weighted by Crippen LogP contribution is 2.31. The van der Waals surface area contributed by atoms with E-state index in [9.17, 15) is 4.79 Å². The Bertz CT molecular complexity index is 800. The van der Waals surface area contributed by atoms with Crippen molar-refractivity contribution in [3.05, 3.63) is 70.4 Å². The van der Waals surface area contributed by atoms with E-state index in [0.29, 0.717) is 6.04 Å². The third-order valence-electron chi connectivity index (χ3n) is 4.20. The lowest BCUT2D eigenvalue weighted by molar-refractivity contribution is 0.0732. The molecule has 0 saturated heterocycles. The van der Waals surface area contributed by atoms with Crippen LogP contribution < -0.4 is 0 Å². The standard InChI is InChI=1S/C19H17NOS/c21-19(18-7-3-5-15-4-1-2-6-17(15)18)20(16-8-9-16)12-14-10-11-22-13-14/h1-7,10-11,13,16H,8-9,12H2. The second kappa shape index (κ2) is 5.58. The zero-order chi connectivity index (χ0) is 14.9. The number of fused-ring (bicyclic) bond motifs is 1. The Labute approximate surface area is 134 Å². The van der Waals surface area contributed by atoms with Crippen LogP contribution in [0, 0.1) is 0 Å². The van der Waals surface area contributed by atoms with Crippen molar-refractivity contribution in [2.45, 2.75) is 25.4 Å². The number of carbonyl (C=O) groups is 1. The van der Waals surface area contributed by atoms with E-state index in [1.807, 2.05) is 35.2 Å². The summed E-state index contributed by atoms with van der Waals surface area (Å²) in [6.07, 6.45) is 2.25. The molecule has 1 aliphatic rings. The Morgan fingerprint density at radius 3 is 2.68 bits per heavy atom. The van der Waals surface area contributed by atoms with Crippen molar-refractivity contribution in [1.29, 1.82) is 0 Å². The SMILES string of the molecule is O=C(c1cccc2ccccc12)N(Cc1ccsc1)C1CC1. The Balaban J connectivity index is 1.71. The van der Waals surface area contributed by atoms with Gasteiger partial charge < -0.3 is 4.90 Å². The maximum Gasteiger partial charge on any atom is 0.255 e. The van der Waals surface area contributed by atoms with Gasteiger partial charge in [-0.2, -0.15) is 11.3 Å². The van der Waals surface area contributed by atoms with Crippen molar-refractivity contribution in [1.82, 2.24) is 4.90 Å². The number of nitrogens with zero attached hydrogens (tertiary/aromatic N) is 1. The van der Waals surface area contributed by atoms with Gasteiger partial charge in [-0.3, -0.25) is 4.79 Å². The number of carbonyl (C=O) groups excluding carboxylic acids is 1. The van der Waals surface area contributed by atoms with Gasteiger partial charge in [0.2, 0.25) is 0 Å². The van der Waals surface area contributed by atoms with Gasteiger partial charge >= 0.3 is 0 Å². The summed E-state index contributed by atoms with van der Waals surface area (Å²) in [6.45, 7) is 0.718. The van der Waals surface area contributed by atoms with E-state index in [1.54, 1.807) is 11.3 Å². The Kier molecular flexibility index (Phi) is 3.43. The van der Waals surface area contributed by atoms with Gasteiger partial charge in [-0.05, 0) is 52.1 Å². The minimum atomic E-state index is 0.158. The van der Waals surface area contributed by atoms with Crippen LogP contribution in [0.3, 0.4) is 0 Å². The van der Waals surface area contributed by atoms with Gasteiger partial charge in [-0.25, -0.2) is 0 Å². The van der Waals surface area contributed by atoms with E-state index in [4.69, 9.17) is 0 Å². The third kappa shape index (κ3) is 2.53. The molecule has 110 valence electrons. The average Bonchev–Trinajstić information content (AvgIpc) is 3.27. The van der Waals surface area contributed by atoms with E-state index < -0.39 is 0 Å². The molecule has 2 aromatic carbocycles. The molecule has 22 heavy (non-hydrogen) atoms. The summed E-state index contributed by atoms with van der Waals surface area (Å²) in [6, 6.07) is 16.6. The summed E-state index contributed by atoms with van der Waals surface area (Å²) in [5.74, 6) is 0.158. The van der Waals surface area contributed by atoms with Crippen LogP contribution >= 0.6 is 11.3 Å². The maximum absolute atomic E-state index is 13.1. The van der Waals surface area contributed by atoms with E-state index in [1.165, 1.54) is 5.56 Å². The average molecular weight is 307 g/mol. The summed E-state index contributed by atoms with van der Waals surface area (Å²) in [7, 11) is 0. The van der Waals surface area contributed by atoms with Crippen LogP contribution in [0.4, 0.5) is 0 Å². The fourth-order valence-corrected chi connectivity index (χ4v) is 3.56. The van der Waals surface area contributed by atoms with Crippen LogP contribution in [-0.4, -0.2) is 16.8 Å². The molecular formula is C19H17NOS. The molecule has 0 N–H and O–H groups in total. The number of amides is 1. The predicted octanol–water partition coefficient (Wildman–Crippen LogP) is 4.71. The Morgan fingerprint density at radius 2 is 1.91 bits per heavy atom. The minimum Gasteiger partial charge on any atom is -0.331 e. The van der Waals surface area contributed by atoms with E-state index >= 15 is 0 Å². The van der Waals surface area contributed by atoms with Crippen molar-refractivity contribution in [2.75, 3.05) is 0 Å². The predicted molar refractivity (Wildman–Crippen MR) is 91.2 cm³/mol. The van der Waals surface area contributed by atoms with Crippen molar-refractivity contribution < 1.29 is 4.79 Å². The van der Waals surface area contributed by atoms with Crippen molar-refractivity contribution in [3.8, 4) is 0 Å². The highest BCUT2D eigenvalue weighted by molar-refractivity contribution is 7.07. The van der Waals surface area contributed by atoms with E-state index in [2.05, 4.69) is 29.0 Å². The van der Waals surface area contributed by atoms with Crippen LogP contribution in [-0.2, 0) is 6.54 Å². The summed E-state index contributed by atoms with van der Waals surface area (Å²) >= 11 is 1.69. The largest absolute Gasteiger partial charge is 0.331 e. The van der Waals surface area contributed by atoms with Crippen molar-refractivity contribution in [3.63, 3.8) is 0 Å². The highest BCUT2D eigenvalue weighted by Gasteiger charge is 2.33. The van der Waals surface area contributed by atoms with Crippen LogP contribution in [0.15, 0.2) is 59.3 Å². The summed E-state index contributed by atoms with van der Waals surface area (Å²) in [5, 5.41) is 6.37. The van der Waals surface area contributed by atoms with Crippen LogP contribution in [0.2, 0.25) is 0 Å². The molecule has 1 aliphatic carbocycles. The molecule has 0 unspecified atom stereocenters. The van der Waals surface area contributed by atoms with E-state index in [0.717, 1.165) is 35.7 Å². The normalized spacial score (nSPS) is 14.2. The number of hydrogen-bond acceptors (Lipinski definition) is 2. The van der Waals surface area contributed by atoms with Crippen LogP contribution in [0.25, 0.3) is 10.8 Å². The molecule has 1 saturated carbocycles. The van der Waals surface area contributed by atoms with Gasteiger partial charge in [0.25, 0.3) is 5.91 Å². The van der Waals surface area contributed by atoms with Crippen molar-refractivity contribution >= 4 is 28.0 Å². The number of thiophene rings is 1. The lowest BCUT2D eigenvalue weighted by Gasteiger charge is -2.23.